The molecule has 2 rings (SSSR count). The number of rotatable bonds is 3. The summed E-state index contributed by atoms with van der Waals surface area (Å²) >= 11 is 5.97. The predicted molar refractivity (Wildman–Crippen MR) is 80.6 cm³/mol. The maximum Gasteiger partial charge on any atom is 0.158 e. The molecule has 0 spiro atoms. The maximum absolute atomic E-state index is 12.8. The fourth-order valence-corrected chi connectivity index (χ4v) is 3.41. The van der Waals surface area contributed by atoms with Gasteiger partial charge in [-0.05, 0) is 36.0 Å². The van der Waals surface area contributed by atoms with Gasteiger partial charge in [-0.3, -0.25) is 4.79 Å². The number of hydrogen-bond donors (Lipinski definition) is 0. The molecule has 2 nitrogen and oxygen atoms in total. The van der Waals surface area contributed by atoms with Crippen molar-refractivity contribution >= 4 is 17.4 Å². The molecule has 1 aliphatic rings. The molecule has 20 heavy (non-hydrogen) atoms. The Bertz CT molecular complexity index is 544. The van der Waals surface area contributed by atoms with Crippen LogP contribution in [0.2, 0.25) is 5.02 Å². The predicted octanol–water partition coefficient (Wildman–Crippen LogP) is 4.73. The van der Waals surface area contributed by atoms with Crippen molar-refractivity contribution in [2.45, 2.75) is 45.4 Å². The van der Waals surface area contributed by atoms with Gasteiger partial charge in [0.05, 0.1) is 6.07 Å². The minimum atomic E-state index is -0.698. The van der Waals surface area contributed by atoms with Crippen LogP contribution in [0.1, 0.15) is 51.0 Å². The van der Waals surface area contributed by atoms with Gasteiger partial charge in [-0.2, -0.15) is 5.26 Å². The number of benzene rings is 1. The van der Waals surface area contributed by atoms with Crippen molar-refractivity contribution in [1.82, 2.24) is 0 Å². The number of Topliss-reactive ketones (excluding diaryl/α,β-unsaturated/α-hetero) is 1. The van der Waals surface area contributed by atoms with Crippen molar-refractivity contribution in [3.8, 4) is 6.07 Å². The van der Waals surface area contributed by atoms with Crippen molar-refractivity contribution in [3.05, 3.63) is 34.9 Å². The lowest BCUT2D eigenvalue weighted by molar-refractivity contribution is -0.128. The summed E-state index contributed by atoms with van der Waals surface area (Å²) in [6.07, 6.45) is 4.19. The minimum Gasteiger partial charge on any atom is -0.298 e. The Morgan fingerprint density at radius 2 is 2.20 bits per heavy atom. The summed E-state index contributed by atoms with van der Waals surface area (Å²) in [5.74, 6) is -0.671. The van der Waals surface area contributed by atoms with Gasteiger partial charge in [0.2, 0.25) is 0 Å². The monoisotopic (exact) mass is 289 g/mol. The van der Waals surface area contributed by atoms with E-state index in [2.05, 4.69) is 19.9 Å². The topological polar surface area (TPSA) is 40.9 Å². The Morgan fingerprint density at radius 3 is 2.80 bits per heavy atom. The van der Waals surface area contributed by atoms with Gasteiger partial charge < -0.3 is 0 Å². The number of ketones is 1. The zero-order valence-electron chi connectivity index (χ0n) is 12.0. The van der Waals surface area contributed by atoms with Gasteiger partial charge in [0, 0.05) is 10.9 Å². The van der Waals surface area contributed by atoms with Gasteiger partial charge in [-0.1, -0.05) is 50.4 Å². The highest BCUT2D eigenvalue weighted by molar-refractivity contribution is 6.30. The van der Waals surface area contributed by atoms with E-state index >= 15 is 0 Å². The first-order chi connectivity index (χ1) is 9.45. The highest BCUT2D eigenvalue weighted by Crippen LogP contribution is 2.43. The molecule has 0 aromatic heterocycles. The third kappa shape index (κ3) is 3.04. The van der Waals surface area contributed by atoms with Crippen LogP contribution in [0.25, 0.3) is 0 Å². The quantitative estimate of drug-likeness (QED) is 0.807. The van der Waals surface area contributed by atoms with Crippen LogP contribution in [0, 0.1) is 22.7 Å². The molecule has 1 aliphatic carbocycles. The number of hydrogen-bond acceptors (Lipinski definition) is 2. The average molecular weight is 290 g/mol. The standard InChI is InChI=1S/C17H20ClNO/c1-17(2)9-4-3-8-15(17)16(20)14(11-19)12-6-5-7-13(18)10-12/h5-7,10,14-15H,3-4,8-9H2,1-2H3. The molecule has 1 fully saturated rings. The van der Waals surface area contributed by atoms with Crippen LogP contribution >= 0.6 is 11.6 Å². The normalized spacial score (nSPS) is 22.8. The lowest BCUT2D eigenvalue weighted by atomic mass is 9.65. The number of halogens is 1. The number of nitrogens with zero attached hydrogens (tertiary/aromatic N) is 1. The molecule has 1 aromatic carbocycles. The summed E-state index contributed by atoms with van der Waals surface area (Å²) < 4.78 is 0. The Kier molecular flexibility index (Phi) is 4.50. The lowest BCUT2D eigenvalue weighted by Gasteiger charge is -2.38. The zero-order valence-corrected chi connectivity index (χ0v) is 12.8. The van der Waals surface area contributed by atoms with Crippen LogP contribution in [0.5, 0.6) is 0 Å². The second kappa shape index (κ2) is 5.97. The van der Waals surface area contributed by atoms with Crippen molar-refractivity contribution in [2.75, 3.05) is 0 Å². The highest BCUT2D eigenvalue weighted by atomic mass is 35.5. The first kappa shape index (κ1) is 15.1. The zero-order chi connectivity index (χ0) is 14.8. The van der Waals surface area contributed by atoms with E-state index in [1.807, 2.05) is 6.07 Å². The summed E-state index contributed by atoms with van der Waals surface area (Å²) in [5, 5.41) is 10.00. The molecule has 0 saturated heterocycles. The Morgan fingerprint density at radius 1 is 1.45 bits per heavy atom. The van der Waals surface area contributed by atoms with E-state index in [0.29, 0.717) is 10.6 Å². The molecule has 2 unspecified atom stereocenters. The van der Waals surface area contributed by atoms with Crippen LogP contribution in [-0.4, -0.2) is 5.78 Å². The molecule has 0 amide bonds. The van der Waals surface area contributed by atoms with Gasteiger partial charge in [0.1, 0.15) is 5.92 Å². The smallest absolute Gasteiger partial charge is 0.158 e. The minimum absolute atomic E-state index is 0.0109. The number of nitriles is 1. The van der Waals surface area contributed by atoms with E-state index < -0.39 is 5.92 Å². The summed E-state index contributed by atoms with van der Waals surface area (Å²) in [6, 6.07) is 9.26. The highest BCUT2D eigenvalue weighted by Gasteiger charge is 2.40. The first-order valence-corrected chi connectivity index (χ1v) is 7.52. The fraction of sp³-hybridized carbons (Fsp3) is 0.529. The SMILES string of the molecule is CC1(C)CCCCC1C(=O)C(C#N)c1cccc(Cl)c1. The molecule has 1 saturated carbocycles. The average Bonchev–Trinajstić information content (AvgIpc) is 2.39. The maximum atomic E-state index is 12.8. The molecule has 0 radical (unpaired) electrons. The summed E-state index contributed by atoms with van der Waals surface area (Å²) in [7, 11) is 0. The molecule has 3 heteroatoms. The van der Waals surface area contributed by atoms with Crippen molar-refractivity contribution < 1.29 is 4.79 Å². The molecule has 0 N–H and O–H groups in total. The molecular weight excluding hydrogens is 270 g/mol. The molecule has 0 heterocycles. The third-order valence-corrected chi connectivity index (χ3v) is 4.68. The summed E-state index contributed by atoms with van der Waals surface area (Å²) in [4.78, 5) is 12.8. The molecule has 1 aromatic rings. The van der Waals surface area contributed by atoms with Crippen LogP contribution < -0.4 is 0 Å². The van der Waals surface area contributed by atoms with Crippen LogP contribution in [0.3, 0.4) is 0 Å². The Hall–Kier alpha value is -1.33. The fourth-order valence-electron chi connectivity index (χ4n) is 3.21. The van der Waals surface area contributed by atoms with Gasteiger partial charge in [-0.15, -0.1) is 0 Å². The second-order valence-corrected chi connectivity index (χ2v) is 6.74. The molecular formula is C17H20ClNO. The number of carbonyl (C=O) groups excluding carboxylic acids is 1. The van der Waals surface area contributed by atoms with E-state index in [1.54, 1.807) is 18.2 Å². The van der Waals surface area contributed by atoms with Gasteiger partial charge in [0.25, 0.3) is 0 Å². The van der Waals surface area contributed by atoms with Gasteiger partial charge >= 0.3 is 0 Å². The second-order valence-electron chi connectivity index (χ2n) is 6.31. The van der Waals surface area contributed by atoms with E-state index in [0.717, 1.165) is 19.3 Å². The largest absolute Gasteiger partial charge is 0.298 e. The van der Waals surface area contributed by atoms with Crippen molar-refractivity contribution in [2.24, 2.45) is 11.3 Å². The lowest BCUT2D eigenvalue weighted by Crippen LogP contribution is -2.36. The molecule has 2 atom stereocenters. The molecule has 0 aliphatic heterocycles. The van der Waals surface area contributed by atoms with Gasteiger partial charge in [-0.25, -0.2) is 0 Å². The van der Waals surface area contributed by atoms with Gasteiger partial charge in [0.15, 0.2) is 5.78 Å². The Labute approximate surface area is 125 Å². The summed E-state index contributed by atoms with van der Waals surface area (Å²) in [5.41, 5.74) is 0.703. The van der Waals surface area contributed by atoms with Crippen LogP contribution in [0.4, 0.5) is 0 Å². The van der Waals surface area contributed by atoms with E-state index in [1.165, 1.54) is 6.42 Å². The van der Waals surface area contributed by atoms with E-state index in [9.17, 15) is 10.1 Å². The van der Waals surface area contributed by atoms with E-state index in [-0.39, 0.29) is 17.1 Å². The Balaban J connectivity index is 2.28. The van der Waals surface area contributed by atoms with Crippen LogP contribution in [0.15, 0.2) is 24.3 Å². The summed E-state index contributed by atoms with van der Waals surface area (Å²) in [6.45, 7) is 4.28. The molecule has 0 bridgehead atoms. The van der Waals surface area contributed by atoms with Crippen LogP contribution in [-0.2, 0) is 4.79 Å². The van der Waals surface area contributed by atoms with Crippen molar-refractivity contribution in [1.29, 1.82) is 5.26 Å². The molecule has 106 valence electrons. The van der Waals surface area contributed by atoms with Crippen molar-refractivity contribution in [3.63, 3.8) is 0 Å². The first-order valence-electron chi connectivity index (χ1n) is 7.14. The third-order valence-electron chi connectivity index (χ3n) is 4.45. The van der Waals surface area contributed by atoms with E-state index in [4.69, 9.17) is 11.6 Å². The number of carbonyl (C=O) groups is 1.